The molecule has 0 heterocycles. The third-order valence-electron chi connectivity index (χ3n) is 2.47. The summed E-state index contributed by atoms with van der Waals surface area (Å²) < 4.78 is 4.89. The Labute approximate surface area is 109 Å². The molecule has 1 aromatic rings. The van der Waals surface area contributed by atoms with Crippen LogP contribution in [-0.4, -0.2) is 34.1 Å². The molecule has 0 amide bonds. The third-order valence-corrected chi connectivity index (χ3v) is 2.84. The van der Waals surface area contributed by atoms with E-state index in [0.717, 1.165) is 6.07 Å². The predicted octanol–water partition coefficient (Wildman–Crippen LogP) is 0.510. The molecule has 0 aromatic heterocycles. The molecule has 2 unspecified atom stereocenters. The highest BCUT2D eigenvalue weighted by molar-refractivity contribution is 7.80. The van der Waals surface area contributed by atoms with Crippen molar-refractivity contribution in [2.45, 2.75) is 12.2 Å². The number of nitro benzene ring substituents is 1. The van der Waals surface area contributed by atoms with Crippen LogP contribution in [0.5, 0.6) is 5.75 Å². The van der Waals surface area contributed by atoms with Crippen molar-refractivity contribution < 1.29 is 19.9 Å². The van der Waals surface area contributed by atoms with E-state index >= 15 is 0 Å². The summed E-state index contributed by atoms with van der Waals surface area (Å²) >= 11 is 3.84. The number of benzene rings is 1. The first-order valence-electron chi connectivity index (χ1n) is 5.01. The molecule has 0 fully saturated rings. The Bertz CT molecular complexity index is 454. The van der Waals surface area contributed by atoms with Crippen LogP contribution in [0.15, 0.2) is 12.1 Å². The second-order valence-electron chi connectivity index (χ2n) is 3.60. The van der Waals surface area contributed by atoms with Crippen LogP contribution in [-0.2, 0) is 0 Å². The average Bonchev–Trinajstić information content (AvgIpc) is 2.36. The van der Waals surface area contributed by atoms with E-state index in [9.17, 15) is 20.3 Å². The molecule has 8 heteroatoms. The predicted molar refractivity (Wildman–Crippen MR) is 68.9 cm³/mol. The van der Waals surface area contributed by atoms with Crippen molar-refractivity contribution in [3.05, 3.63) is 27.8 Å². The van der Waals surface area contributed by atoms with Gasteiger partial charge in [0.15, 0.2) is 0 Å². The van der Waals surface area contributed by atoms with Crippen LogP contribution in [0.3, 0.4) is 0 Å². The van der Waals surface area contributed by atoms with E-state index in [1.165, 1.54) is 13.2 Å². The van der Waals surface area contributed by atoms with Gasteiger partial charge in [0.25, 0.3) is 5.69 Å². The van der Waals surface area contributed by atoms with Crippen LogP contribution < -0.4 is 10.5 Å². The van der Waals surface area contributed by atoms with Crippen molar-refractivity contribution in [2.24, 2.45) is 0 Å². The van der Waals surface area contributed by atoms with Gasteiger partial charge in [-0.2, -0.15) is 12.6 Å². The molecule has 0 aliphatic heterocycles. The lowest BCUT2D eigenvalue weighted by molar-refractivity contribution is -0.384. The van der Waals surface area contributed by atoms with Crippen molar-refractivity contribution in [2.75, 3.05) is 18.6 Å². The summed E-state index contributed by atoms with van der Waals surface area (Å²) in [4.78, 5) is 10.1. The normalized spacial score (nSPS) is 14.0. The van der Waals surface area contributed by atoms with E-state index in [1.54, 1.807) is 0 Å². The van der Waals surface area contributed by atoms with Crippen molar-refractivity contribution in [1.29, 1.82) is 0 Å². The van der Waals surface area contributed by atoms with Crippen LogP contribution >= 0.6 is 12.6 Å². The van der Waals surface area contributed by atoms with Gasteiger partial charge in [0.2, 0.25) is 0 Å². The summed E-state index contributed by atoms with van der Waals surface area (Å²) in [5.41, 5.74) is 5.07. The molecule has 0 saturated carbocycles. The van der Waals surface area contributed by atoms with Crippen LogP contribution in [0.4, 0.5) is 11.4 Å². The number of methoxy groups -OCH3 is 1. The second-order valence-corrected chi connectivity index (χ2v) is 3.97. The number of nitrogen functional groups attached to an aromatic ring is 1. The molecular formula is C10H14N2O5S. The maximum absolute atomic E-state index is 10.8. The van der Waals surface area contributed by atoms with Gasteiger partial charge in [-0.25, -0.2) is 0 Å². The van der Waals surface area contributed by atoms with Crippen LogP contribution in [0.25, 0.3) is 0 Å². The molecule has 1 rings (SSSR count). The zero-order valence-electron chi connectivity index (χ0n) is 9.61. The number of rotatable bonds is 5. The highest BCUT2D eigenvalue weighted by atomic mass is 32.1. The van der Waals surface area contributed by atoms with E-state index in [1.807, 2.05) is 0 Å². The number of thiol groups is 1. The molecule has 2 atom stereocenters. The monoisotopic (exact) mass is 274 g/mol. The van der Waals surface area contributed by atoms with Crippen LogP contribution in [0.2, 0.25) is 0 Å². The number of nitrogens with zero attached hydrogens (tertiary/aromatic N) is 1. The van der Waals surface area contributed by atoms with Gasteiger partial charge in [-0.05, 0) is 6.07 Å². The number of aliphatic hydroxyl groups excluding tert-OH is 2. The Kier molecular flexibility index (Phi) is 4.76. The quantitative estimate of drug-likeness (QED) is 0.269. The van der Waals surface area contributed by atoms with E-state index in [2.05, 4.69) is 12.6 Å². The van der Waals surface area contributed by atoms with Crippen LogP contribution in [0, 0.1) is 10.1 Å². The molecule has 4 N–H and O–H groups in total. The number of anilines is 1. The lowest BCUT2D eigenvalue weighted by atomic mass is 10.0. The summed E-state index contributed by atoms with van der Waals surface area (Å²) in [6, 6.07) is 2.50. The fraction of sp³-hybridized carbons (Fsp3) is 0.400. The Morgan fingerprint density at radius 3 is 2.61 bits per heavy atom. The summed E-state index contributed by atoms with van der Waals surface area (Å²) in [6.07, 6.45) is -2.54. The molecule has 100 valence electrons. The maximum atomic E-state index is 10.8. The third kappa shape index (κ3) is 2.84. The SMILES string of the molecule is COc1cc(C(O)C(O)CS)c(N)c([N+](=O)[O-])c1. The molecule has 0 saturated heterocycles. The molecule has 0 aliphatic carbocycles. The maximum Gasteiger partial charge on any atom is 0.296 e. The zero-order chi connectivity index (χ0) is 13.9. The lowest BCUT2D eigenvalue weighted by Gasteiger charge is -2.18. The molecule has 7 nitrogen and oxygen atoms in total. The highest BCUT2D eigenvalue weighted by Gasteiger charge is 2.25. The van der Waals surface area contributed by atoms with E-state index in [-0.39, 0.29) is 28.4 Å². The topological polar surface area (TPSA) is 119 Å². The summed E-state index contributed by atoms with van der Waals surface area (Å²) in [5.74, 6) is 0.169. The smallest absolute Gasteiger partial charge is 0.296 e. The molecule has 0 radical (unpaired) electrons. The highest BCUT2D eigenvalue weighted by Crippen LogP contribution is 2.35. The first kappa shape index (κ1) is 14.6. The molecule has 1 aromatic carbocycles. The van der Waals surface area contributed by atoms with Gasteiger partial charge in [0.1, 0.15) is 17.5 Å². The number of nitrogens with two attached hydrogens (primary N) is 1. The van der Waals surface area contributed by atoms with Gasteiger partial charge in [-0.1, -0.05) is 0 Å². The minimum absolute atomic E-state index is 0.00832. The van der Waals surface area contributed by atoms with Crippen molar-refractivity contribution in [3.8, 4) is 5.75 Å². The van der Waals surface area contributed by atoms with Gasteiger partial charge in [-0.3, -0.25) is 10.1 Å². The second kappa shape index (κ2) is 5.89. The van der Waals surface area contributed by atoms with Gasteiger partial charge in [-0.15, -0.1) is 0 Å². The molecule has 0 spiro atoms. The number of hydrogen-bond donors (Lipinski definition) is 4. The van der Waals surface area contributed by atoms with Gasteiger partial charge in [0, 0.05) is 11.3 Å². The van der Waals surface area contributed by atoms with Gasteiger partial charge >= 0.3 is 0 Å². The van der Waals surface area contributed by atoms with Crippen molar-refractivity contribution in [3.63, 3.8) is 0 Å². The molecule has 0 bridgehead atoms. The minimum Gasteiger partial charge on any atom is -0.496 e. The Balaban J connectivity index is 3.34. The first-order valence-corrected chi connectivity index (χ1v) is 5.64. The van der Waals surface area contributed by atoms with E-state index in [0.29, 0.717) is 0 Å². The summed E-state index contributed by atoms with van der Waals surface area (Å²) in [5, 5.41) is 30.2. The number of hydrogen-bond acceptors (Lipinski definition) is 7. The zero-order valence-corrected chi connectivity index (χ0v) is 10.5. The largest absolute Gasteiger partial charge is 0.496 e. The van der Waals surface area contributed by atoms with E-state index < -0.39 is 17.1 Å². The van der Waals surface area contributed by atoms with Gasteiger partial charge in [0.05, 0.1) is 24.2 Å². The fourth-order valence-electron chi connectivity index (χ4n) is 1.45. The number of nitro groups is 1. The lowest BCUT2D eigenvalue weighted by Crippen LogP contribution is -2.21. The standard InChI is InChI=1S/C10H14N2O5S/c1-17-5-2-6(10(14)8(13)4-18)9(11)7(3-5)12(15)16/h2-3,8,10,13-14,18H,4,11H2,1H3. The summed E-state index contributed by atoms with van der Waals surface area (Å²) in [7, 11) is 1.33. The van der Waals surface area contributed by atoms with Crippen molar-refractivity contribution >= 4 is 24.0 Å². The average molecular weight is 274 g/mol. The molecule has 18 heavy (non-hydrogen) atoms. The fourth-order valence-corrected chi connectivity index (χ4v) is 1.65. The molecule has 0 aliphatic rings. The van der Waals surface area contributed by atoms with E-state index in [4.69, 9.17) is 10.5 Å². The first-order chi connectivity index (χ1) is 8.42. The number of ether oxygens (including phenoxy) is 1. The van der Waals surface area contributed by atoms with Gasteiger partial charge < -0.3 is 20.7 Å². The Morgan fingerprint density at radius 2 is 2.17 bits per heavy atom. The molecular weight excluding hydrogens is 260 g/mol. The van der Waals surface area contributed by atoms with Crippen molar-refractivity contribution in [1.82, 2.24) is 0 Å². The Morgan fingerprint density at radius 1 is 1.56 bits per heavy atom. The Hall–Kier alpha value is -1.51. The minimum atomic E-state index is -1.36. The van der Waals surface area contributed by atoms with Crippen LogP contribution in [0.1, 0.15) is 11.7 Å². The summed E-state index contributed by atoms with van der Waals surface area (Å²) in [6.45, 7) is 0. The number of aliphatic hydroxyl groups is 2.